The minimum Gasteiger partial charge on any atom is -0.479 e. The standard InChI is InChI=1S/C14H19NO4S/c1-4-19-10-7-14(12(17)18,13(10,2)3)15-11(16)9-5-6-20-8-9/h5-6,8,10H,4,7H2,1-3H3,(H,15,16)(H,17,18)/t10-,14+/m1/s1. The third-order valence-electron chi connectivity index (χ3n) is 4.24. The molecule has 2 atom stereocenters. The maximum absolute atomic E-state index is 12.2. The van der Waals surface area contributed by atoms with Gasteiger partial charge in [-0.05, 0) is 18.4 Å². The number of carbonyl (C=O) groups is 2. The predicted molar refractivity (Wildman–Crippen MR) is 76.0 cm³/mol. The van der Waals surface area contributed by atoms with Crippen molar-refractivity contribution in [3.8, 4) is 0 Å². The Morgan fingerprint density at radius 1 is 1.55 bits per heavy atom. The Kier molecular flexibility index (Phi) is 3.88. The normalized spacial score (nSPS) is 27.6. The Morgan fingerprint density at radius 3 is 2.70 bits per heavy atom. The van der Waals surface area contributed by atoms with Crippen molar-refractivity contribution in [3.63, 3.8) is 0 Å². The van der Waals surface area contributed by atoms with Crippen LogP contribution in [0.2, 0.25) is 0 Å². The van der Waals surface area contributed by atoms with E-state index in [0.29, 0.717) is 18.6 Å². The van der Waals surface area contributed by atoms with Crippen LogP contribution >= 0.6 is 11.3 Å². The van der Waals surface area contributed by atoms with Crippen LogP contribution < -0.4 is 5.32 Å². The molecule has 2 rings (SSSR count). The van der Waals surface area contributed by atoms with Crippen LogP contribution in [-0.4, -0.2) is 35.2 Å². The van der Waals surface area contributed by atoms with E-state index in [1.165, 1.54) is 11.3 Å². The summed E-state index contributed by atoms with van der Waals surface area (Å²) in [6.07, 6.45) is 0.130. The lowest BCUT2D eigenvalue weighted by Crippen LogP contribution is -2.76. The summed E-state index contributed by atoms with van der Waals surface area (Å²) < 4.78 is 5.56. The molecule has 0 aliphatic heterocycles. The number of hydrogen-bond acceptors (Lipinski definition) is 4. The first-order valence-electron chi connectivity index (χ1n) is 6.55. The summed E-state index contributed by atoms with van der Waals surface area (Å²) in [6, 6.07) is 1.68. The molecule has 1 amide bonds. The molecule has 0 saturated heterocycles. The van der Waals surface area contributed by atoms with Crippen molar-refractivity contribution < 1.29 is 19.4 Å². The number of rotatable bonds is 5. The summed E-state index contributed by atoms with van der Waals surface area (Å²) >= 11 is 1.40. The first-order valence-corrected chi connectivity index (χ1v) is 7.49. The molecule has 1 saturated carbocycles. The topological polar surface area (TPSA) is 75.6 Å². The van der Waals surface area contributed by atoms with Gasteiger partial charge in [-0.15, -0.1) is 0 Å². The molecule has 0 aromatic carbocycles. The molecular weight excluding hydrogens is 278 g/mol. The molecule has 1 fully saturated rings. The zero-order valence-corrected chi connectivity index (χ0v) is 12.6. The zero-order valence-electron chi connectivity index (χ0n) is 11.8. The monoisotopic (exact) mass is 297 g/mol. The summed E-state index contributed by atoms with van der Waals surface area (Å²) in [6.45, 7) is 6.04. The van der Waals surface area contributed by atoms with Crippen LogP contribution in [0.5, 0.6) is 0 Å². The fraction of sp³-hybridized carbons (Fsp3) is 0.571. The minimum atomic E-state index is -1.27. The van der Waals surface area contributed by atoms with Crippen LogP contribution in [0, 0.1) is 5.41 Å². The van der Waals surface area contributed by atoms with Gasteiger partial charge in [0.15, 0.2) is 0 Å². The van der Waals surface area contributed by atoms with E-state index in [1.54, 1.807) is 16.8 Å². The van der Waals surface area contributed by atoms with Crippen LogP contribution in [0.4, 0.5) is 0 Å². The molecule has 20 heavy (non-hydrogen) atoms. The molecule has 1 aliphatic carbocycles. The number of ether oxygens (including phenoxy) is 1. The van der Waals surface area contributed by atoms with Crippen molar-refractivity contribution in [1.82, 2.24) is 5.32 Å². The summed E-state index contributed by atoms with van der Waals surface area (Å²) in [5.74, 6) is -1.36. The Balaban J connectivity index is 2.21. The van der Waals surface area contributed by atoms with Gasteiger partial charge in [0.25, 0.3) is 5.91 Å². The molecule has 1 aliphatic rings. The van der Waals surface area contributed by atoms with Crippen LogP contribution in [0.1, 0.15) is 37.6 Å². The SMILES string of the molecule is CCO[C@@H]1C[C@](NC(=O)c2ccsc2)(C(=O)O)C1(C)C. The molecule has 1 aromatic heterocycles. The van der Waals surface area contributed by atoms with E-state index < -0.39 is 16.9 Å². The Hall–Kier alpha value is -1.40. The number of hydrogen-bond donors (Lipinski definition) is 2. The molecule has 0 radical (unpaired) electrons. The molecule has 0 unspecified atom stereocenters. The Morgan fingerprint density at radius 2 is 2.25 bits per heavy atom. The second-order valence-corrected chi connectivity index (χ2v) is 6.33. The number of aliphatic carboxylic acids is 1. The average Bonchev–Trinajstić information content (AvgIpc) is 2.90. The van der Waals surface area contributed by atoms with Gasteiger partial charge in [0.05, 0.1) is 11.7 Å². The van der Waals surface area contributed by atoms with Gasteiger partial charge in [0, 0.05) is 23.8 Å². The van der Waals surface area contributed by atoms with Crippen molar-refractivity contribution in [3.05, 3.63) is 22.4 Å². The van der Waals surface area contributed by atoms with Crippen molar-refractivity contribution in [2.75, 3.05) is 6.61 Å². The molecule has 2 N–H and O–H groups in total. The van der Waals surface area contributed by atoms with E-state index in [0.717, 1.165) is 0 Å². The lowest BCUT2D eigenvalue weighted by atomic mass is 9.54. The summed E-state index contributed by atoms with van der Waals surface area (Å²) in [4.78, 5) is 23.9. The third-order valence-corrected chi connectivity index (χ3v) is 4.92. The number of thiophene rings is 1. The predicted octanol–water partition coefficient (Wildman–Crippen LogP) is 2.14. The number of amides is 1. The fourth-order valence-corrected chi connectivity index (χ4v) is 3.33. The second-order valence-electron chi connectivity index (χ2n) is 5.55. The van der Waals surface area contributed by atoms with Crippen molar-refractivity contribution in [1.29, 1.82) is 0 Å². The number of nitrogens with one attached hydrogen (secondary N) is 1. The van der Waals surface area contributed by atoms with Gasteiger partial charge in [-0.1, -0.05) is 13.8 Å². The lowest BCUT2D eigenvalue weighted by molar-refractivity contribution is -0.190. The first kappa shape index (κ1) is 15.0. The molecule has 1 aromatic rings. The summed E-state index contributed by atoms with van der Waals surface area (Å²) in [5.41, 5.74) is -1.43. The van der Waals surface area contributed by atoms with Gasteiger partial charge in [-0.3, -0.25) is 4.79 Å². The highest BCUT2D eigenvalue weighted by Crippen LogP contribution is 2.51. The van der Waals surface area contributed by atoms with Gasteiger partial charge >= 0.3 is 5.97 Å². The van der Waals surface area contributed by atoms with Gasteiger partial charge in [-0.2, -0.15) is 11.3 Å². The first-order chi connectivity index (χ1) is 9.35. The van der Waals surface area contributed by atoms with Crippen molar-refractivity contribution in [2.45, 2.75) is 38.8 Å². The highest BCUT2D eigenvalue weighted by molar-refractivity contribution is 7.08. The van der Waals surface area contributed by atoms with E-state index in [9.17, 15) is 14.7 Å². The number of carbonyl (C=O) groups excluding carboxylic acids is 1. The summed E-state index contributed by atoms with van der Waals surface area (Å²) in [7, 11) is 0. The highest BCUT2D eigenvalue weighted by Gasteiger charge is 2.66. The van der Waals surface area contributed by atoms with Crippen LogP contribution in [0.15, 0.2) is 16.8 Å². The lowest BCUT2D eigenvalue weighted by Gasteiger charge is -2.58. The highest BCUT2D eigenvalue weighted by atomic mass is 32.1. The maximum atomic E-state index is 12.2. The van der Waals surface area contributed by atoms with Gasteiger partial charge in [0.2, 0.25) is 0 Å². The molecule has 0 bridgehead atoms. The van der Waals surface area contributed by atoms with Gasteiger partial charge in [-0.25, -0.2) is 4.79 Å². The number of carboxylic acid groups (broad SMARTS) is 1. The van der Waals surface area contributed by atoms with E-state index in [2.05, 4.69) is 5.32 Å². The molecule has 0 spiro atoms. The van der Waals surface area contributed by atoms with Crippen LogP contribution in [0.25, 0.3) is 0 Å². The van der Waals surface area contributed by atoms with E-state index in [4.69, 9.17) is 4.74 Å². The maximum Gasteiger partial charge on any atom is 0.330 e. The number of carboxylic acids is 1. The van der Waals surface area contributed by atoms with Crippen molar-refractivity contribution in [2.24, 2.45) is 5.41 Å². The van der Waals surface area contributed by atoms with E-state index in [1.807, 2.05) is 20.8 Å². The molecular formula is C14H19NO4S. The fourth-order valence-electron chi connectivity index (χ4n) is 2.70. The van der Waals surface area contributed by atoms with E-state index >= 15 is 0 Å². The third kappa shape index (κ3) is 2.13. The second kappa shape index (κ2) is 5.18. The molecule has 110 valence electrons. The minimum absolute atomic E-state index is 0.161. The Labute approximate surface area is 121 Å². The molecule has 1 heterocycles. The molecule has 5 nitrogen and oxygen atoms in total. The van der Waals surface area contributed by atoms with Gasteiger partial charge in [0.1, 0.15) is 5.54 Å². The average molecular weight is 297 g/mol. The Bertz CT molecular complexity index is 511. The van der Waals surface area contributed by atoms with Crippen molar-refractivity contribution >= 4 is 23.2 Å². The smallest absolute Gasteiger partial charge is 0.330 e. The van der Waals surface area contributed by atoms with Crippen LogP contribution in [-0.2, 0) is 9.53 Å². The van der Waals surface area contributed by atoms with Crippen LogP contribution in [0.3, 0.4) is 0 Å². The molecule has 6 heteroatoms. The quantitative estimate of drug-likeness (QED) is 0.873. The zero-order chi connectivity index (χ0) is 15.0. The van der Waals surface area contributed by atoms with E-state index in [-0.39, 0.29) is 12.0 Å². The van der Waals surface area contributed by atoms with Gasteiger partial charge < -0.3 is 15.2 Å². The largest absolute Gasteiger partial charge is 0.479 e. The summed E-state index contributed by atoms with van der Waals surface area (Å²) in [5, 5.41) is 15.8.